The quantitative estimate of drug-likeness (QED) is 0.355. The van der Waals surface area contributed by atoms with Crippen LogP contribution in [0.5, 0.6) is 0 Å². The van der Waals surface area contributed by atoms with Crippen molar-refractivity contribution in [2.75, 3.05) is 0 Å². The van der Waals surface area contributed by atoms with Gasteiger partial charge in [0.05, 0.1) is 0 Å². The molecule has 0 bridgehead atoms. The SMILES string of the molecule is CCCCCCC(C)NC(=O)C(=Cc1ccccc1)c1ccccc1. The van der Waals surface area contributed by atoms with Gasteiger partial charge >= 0.3 is 0 Å². The summed E-state index contributed by atoms with van der Waals surface area (Å²) in [6, 6.07) is 20.1. The van der Waals surface area contributed by atoms with Crippen molar-refractivity contribution < 1.29 is 4.79 Å². The lowest BCUT2D eigenvalue weighted by atomic mass is 10.0. The fraction of sp³-hybridized carbons (Fsp3) is 0.348. The minimum absolute atomic E-state index is 0.00181. The van der Waals surface area contributed by atoms with E-state index in [1.165, 1.54) is 25.7 Å². The number of benzene rings is 2. The molecule has 0 saturated heterocycles. The Morgan fingerprint density at radius 3 is 2.24 bits per heavy atom. The summed E-state index contributed by atoms with van der Waals surface area (Å²) in [5, 5.41) is 3.17. The summed E-state index contributed by atoms with van der Waals surface area (Å²) in [6.07, 6.45) is 7.90. The van der Waals surface area contributed by atoms with Crippen molar-refractivity contribution in [3.63, 3.8) is 0 Å². The van der Waals surface area contributed by atoms with Crippen LogP contribution >= 0.6 is 0 Å². The Morgan fingerprint density at radius 2 is 1.60 bits per heavy atom. The molecule has 0 aliphatic rings. The predicted octanol–water partition coefficient (Wildman–Crippen LogP) is 5.70. The largest absolute Gasteiger partial charge is 0.350 e. The van der Waals surface area contributed by atoms with Crippen LogP contribution in [-0.2, 0) is 4.79 Å². The topological polar surface area (TPSA) is 29.1 Å². The number of nitrogens with one attached hydrogen (secondary N) is 1. The number of rotatable bonds is 9. The zero-order valence-corrected chi connectivity index (χ0v) is 15.4. The third-order valence-electron chi connectivity index (χ3n) is 4.31. The normalized spacial score (nSPS) is 12.6. The molecule has 25 heavy (non-hydrogen) atoms. The molecule has 0 heterocycles. The van der Waals surface area contributed by atoms with Crippen LogP contribution in [0.25, 0.3) is 11.6 Å². The van der Waals surface area contributed by atoms with Gasteiger partial charge in [-0.25, -0.2) is 0 Å². The lowest BCUT2D eigenvalue weighted by molar-refractivity contribution is -0.116. The summed E-state index contributed by atoms with van der Waals surface area (Å²) in [6.45, 7) is 4.31. The second-order valence-electron chi connectivity index (χ2n) is 6.56. The van der Waals surface area contributed by atoms with Crippen LogP contribution in [-0.4, -0.2) is 11.9 Å². The van der Waals surface area contributed by atoms with Crippen LogP contribution in [0.2, 0.25) is 0 Å². The first-order valence-electron chi connectivity index (χ1n) is 9.33. The Morgan fingerprint density at radius 1 is 0.960 bits per heavy atom. The molecule has 2 heteroatoms. The Labute approximate surface area is 152 Å². The number of hydrogen-bond acceptors (Lipinski definition) is 1. The van der Waals surface area contributed by atoms with E-state index in [-0.39, 0.29) is 11.9 Å². The summed E-state index contributed by atoms with van der Waals surface area (Å²) < 4.78 is 0. The van der Waals surface area contributed by atoms with Gasteiger partial charge in [-0.15, -0.1) is 0 Å². The van der Waals surface area contributed by atoms with E-state index in [1.807, 2.05) is 66.7 Å². The van der Waals surface area contributed by atoms with Crippen molar-refractivity contribution in [1.82, 2.24) is 5.32 Å². The molecule has 0 aliphatic heterocycles. The molecule has 0 spiro atoms. The van der Waals surface area contributed by atoms with E-state index in [1.54, 1.807) is 0 Å². The third kappa shape index (κ3) is 6.58. The standard InChI is InChI=1S/C23H29NO/c1-3-4-5-8-13-19(2)24-23(25)22(21-16-11-7-12-17-21)18-20-14-9-6-10-15-20/h6-7,9-12,14-19H,3-5,8,13H2,1-2H3,(H,24,25). The van der Waals surface area contributed by atoms with E-state index < -0.39 is 0 Å². The number of carbonyl (C=O) groups excluding carboxylic acids is 1. The summed E-state index contributed by atoms with van der Waals surface area (Å²) >= 11 is 0. The highest BCUT2D eigenvalue weighted by Gasteiger charge is 2.14. The molecular weight excluding hydrogens is 306 g/mol. The molecular formula is C23H29NO. The molecule has 0 aromatic heterocycles. The average molecular weight is 335 g/mol. The van der Waals surface area contributed by atoms with Gasteiger partial charge in [-0.05, 0) is 30.5 Å². The Kier molecular flexibility index (Phi) is 7.97. The Balaban J connectivity index is 2.10. The van der Waals surface area contributed by atoms with Crippen LogP contribution in [0.3, 0.4) is 0 Å². The number of unbranched alkanes of at least 4 members (excludes halogenated alkanes) is 3. The molecule has 2 aromatic carbocycles. The molecule has 0 radical (unpaired) electrons. The fourth-order valence-corrected chi connectivity index (χ4v) is 2.86. The zero-order valence-electron chi connectivity index (χ0n) is 15.4. The van der Waals surface area contributed by atoms with E-state index in [4.69, 9.17) is 0 Å². The van der Waals surface area contributed by atoms with E-state index >= 15 is 0 Å². The van der Waals surface area contributed by atoms with Crippen molar-refractivity contribution in [1.29, 1.82) is 0 Å². The monoisotopic (exact) mass is 335 g/mol. The van der Waals surface area contributed by atoms with Gasteiger partial charge in [-0.3, -0.25) is 4.79 Å². The molecule has 1 atom stereocenters. The van der Waals surface area contributed by atoms with Crippen LogP contribution < -0.4 is 5.32 Å². The van der Waals surface area contributed by atoms with Crippen LogP contribution in [0.1, 0.15) is 57.1 Å². The van der Waals surface area contributed by atoms with Crippen LogP contribution in [0, 0.1) is 0 Å². The lowest BCUT2D eigenvalue weighted by Crippen LogP contribution is -2.33. The summed E-state index contributed by atoms with van der Waals surface area (Å²) in [7, 11) is 0. The highest BCUT2D eigenvalue weighted by Crippen LogP contribution is 2.19. The van der Waals surface area contributed by atoms with Crippen molar-refractivity contribution in [2.45, 2.75) is 52.0 Å². The van der Waals surface area contributed by atoms with Crippen LogP contribution in [0.4, 0.5) is 0 Å². The van der Waals surface area contributed by atoms with Crippen molar-refractivity contribution in [2.24, 2.45) is 0 Å². The molecule has 1 amide bonds. The van der Waals surface area contributed by atoms with Gasteiger partial charge in [0.1, 0.15) is 0 Å². The van der Waals surface area contributed by atoms with E-state index in [0.29, 0.717) is 5.57 Å². The minimum Gasteiger partial charge on any atom is -0.350 e. The second-order valence-corrected chi connectivity index (χ2v) is 6.56. The van der Waals surface area contributed by atoms with Gasteiger partial charge in [-0.2, -0.15) is 0 Å². The molecule has 2 nitrogen and oxygen atoms in total. The number of amides is 1. The number of carbonyl (C=O) groups is 1. The van der Waals surface area contributed by atoms with Gasteiger partial charge in [0.2, 0.25) is 0 Å². The average Bonchev–Trinajstić information content (AvgIpc) is 2.65. The van der Waals surface area contributed by atoms with Gasteiger partial charge in [0.15, 0.2) is 0 Å². The van der Waals surface area contributed by atoms with Gasteiger partial charge in [0, 0.05) is 11.6 Å². The molecule has 0 fully saturated rings. The first-order chi connectivity index (χ1) is 12.2. The van der Waals surface area contributed by atoms with Gasteiger partial charge in [0.25, 0.3) is 5.91 Å². The lowest BCUT2D eigenvalue weighted by Gasteiger charge is -2.16. The van der Waals surface area contributed by atoms with Crippen molar-refractivity contribution >= 4 is 17.6 Å². The summed E-state index contributed by atoms with van der Waals surface area (Å²) in [5.74, 6) is -0.00181. The maximum absolute atomic E-state index is 12.9. The number of hydrogen-bond donors (Lipinski definition) is 1. The van der Waals surface area contributed by atoms with E-state index in [9.17, 15) is 4.79 Å². The summed E-state index contributed by atoms with van der Waals surface area (Å²) in [5.41, 5.74) is 2.70. The molecule has 1 N–H and O–H groups in total. The Hall–Kier alpha value is -2.35. The first kappa shape index (κ1) is 19.0. The zero-order chi connectivity index (χ0) is 17.9. The maximum Gasteiger partial charge on any atom is 0.252 e. The highest BCUT2D eigenvalue weighted by molar-refractivity contribution is 6.24. The van der Waals surface area contributed by atoms with Gasteiger partial charge in [-0.1, -0.05) is 93.3 Å². The van der Waals surface area contributed by atoms with Crippen molar-refractivity contribution in [3.05, 3.63) is 71.8 Å². The molecule has 2 rings (SSSR count). The first-order valence-corrected chi connectivity index (χ1v) is 9.33. The summed E-state index contributed by atoms with van der Waals surface area (Å²) in [4.78, 5) is 12.9. The van der Waals surface area contributed by atoms with E-state index in [0.717, 1.165) is 17.5 Å². The second kappa shape index (κ2) is 10.5. The van der Waals surface area contributed by atoms with Crippen LogP contribution in [0.15, 0.2) is 60.7 Å². The van der Waals surface area contributed by atoms with Crippen molar-refractivity contribution in [3.8, 4) is 0 Å². The molecule has 132 valence electrons. The maximum atomic E-state index is 12.9. The fourth-order valence-electron chi connectivity index (χ4n) is 2.86. The highest BCUT2D eigenvalue weighted by atomic mass is 16.1. The van der Waals surface area contributed by atoms with E-state index in [2.05, 4.69) is 19.2 Å². The predicted molar refractivity (Wildman–Crippen MR) is 107 cm³/mol. The third-order valence-corrected chi connectivity index (χ3v) is 4.31. The molecule has 2 aromatic rings. The molecule has 0 saturated carbocycles. The minimum atomic E-state index is -0.00181. The molecule has 1 unspecified atom stereocenters. The smallest absolute Gasteiger partial charge is 0.252 e. The van der Waals surface area contributed by atoms with Gasteiger partial charge < -0.3 is 5.32 Å². The Bertz CT molecular complexity index is 661. The molecule has 0 aliphatic carbocycles.